The van der Waals surface area contributed by atoms with Gasteiger partial charge in [-0.2, -0.15) is 0 Å². The van der Waals surface area contributed by atoms with Crippen LogP contribution in [-0.4, -0.2) is 5.78 Å². The first-order valence-electron chi connectivity index (χ1n) is 7.16. The molecular formula is C20H22O. The third-order valence-electron chi connectivity index (χ3n) is 2.77. The van der Waals surface area contributed by atoms with E-state index in [4.69, 9.17) is 0 Å². The molecule has 1 aromatic rings. The van der Waals surface area contributed by atoms with Crippen LogP contribution in [-0.2, 0) is 4.79 Å². The average molecular weight is 278 g/mol. The molecule has 0 heterocycles. The Labute approximate surface area is 127 Å². The maximum Gasteiger partial charge on any atom is 0.155 e. The van der Waals surface area contributed by atoms with Crippen LogP contribution in [0.3, 0.4) is 0 Å². The summed E-state index contributed by atoms with van der Waals surface area (Å²) < 4.78 is 0. The predicted molar refractivity (Wildman–Crippen MR) is 92.0 cm³/mol. The molecule has 108 valence electrons. The van der Waals surface area contributed by atoms with Crippen molar-refractivity contribution in [2.45, 2.75) is 20.3 Å². The highest BCUT2D eigenvalue weighted by Crippen LogP contribution is 2.01. The number of carbonyl (C=O) groups is 1. The first-order valence-corrected chi connectivity index (χ1v) is 7.16. The molecule has 0 aliphatic rings. The van der Waals surface area contributed by atoms with Crippen molar-refractivity contribution < 1.29 is 4.79 Å². The minimum atomic E-state index is 0.147. The molecule has 0 fully saturated rings. The fraction of sp³-hybridized carbons (Fsp3) is 0.150. The van der Waals surface area contributed by atoms with Gasteiger partial charge in [0.05, 0.1) is 0 Å². The molecule has 0 amide bonds. The van der Waals surface area contributed by atoms with Crippen LogP contribution in [0, 0.1) is 0 Å². The quantitative estimate of drug-likeness (QED) is 0.489. The van der Waals surface area contributed by atoms with Crippen molar-refractivity contribution in [3.63, 3.8) is 0 Å². The number of allylic oxidation sites excluding steroid dienone is 9. The second-order valence-corrected chi connectivity index (χ2v) is 4.60. The monoisotopic (exact) mass is 278 g/mol. The maximum absolute atomic E-state index is 11.1. The van der Waals surface area contributed by atoms with Crippen LogP contribution in [0.25, 0.3) is 6.08 Å². The molecule has 0 saturated carbocycles. The molecule has 1 nitrogen and oxygen atoms in total. The summed E-state index contributed by atoms with van der Waals surface area (Å²) in [7, 11) is 0. The summed E-state index contributed by atoms with van der Waals surface area (Å²) >= 11 is 0. The Morgan fingerprint density at radius 1 is 0.952 bits per heavy atom. The molecule has 0 bridgehead atoms. The van der Waals surface area contributed by atoms with Gasteiger partial charge < -0.3 is 0 Å². The van der Waals surface area contributed by atoms with Gasteiger partial charge in [-0.15, -0.1) is 0 Å². The van der Waals surface area contributed by atoms with Crippen molar-refractivity contribution in [3.05, 3.63) is 90.1 Å². The average Bonchev–Trinajstić information content (AvgIpc) is 2.51. The van der Waals surface area contributed by atoms with E-state index in [9.17, 15) is 4.79 Å². The van der Waals surface area contributed by atoms with Crippen LogP contribution >= 0.6 is 0 Å². The highest BCUT2D eigenvalue weighted by atomic mass is 16.1. The fourth-order valence-electron chi connectivity index (χ4n) is 1.55. The first-order chi connectivity index (χ1) is 10.2. The Hall–Kier alpha value is -2.41. The number of ketones is 1. The van der Waals surface area contributed by atoms with Crippen LogP contribution in [0.2, 0.25) is 0 Å². The second kappa shape index (κ2) is 10.4. The van der Waals surface area contributed by atoms with Gasteiger partial charge >= 0.3 is 0 Å². The van der Waals surface area contributed by atoms with Gasteiger partial charge in [0.15, 0.2) is 5.78 Å². The van der Waals surface area contributed by atoms with Crippen LogP contribution < -0.4 is 0 Å². The SMILES string of the molecule is CCC(=O)C=CC=C(C)C=CC=CC=Cc1ccccc1. The van der Waals surface area contributed by atoms with Gasteiger partial charge in [0.25, 0.3) is 0 Å². The standard InChI is InChI=1S/C20H22O/c1-3-20(21)17-11-13-18(2)12-7-4-5-8-14-19-15-9-6-10-16-19/h4-17H,3H2,1-2H3. The molecular weight excluding hydrogens is 256 g/mol. The number of rotatable bonds is 7. The summed E-state index contributed by atoms with van der Waals surface area (Å²) in [5.74, 6) is 0.147. The highest BCUT2D eigenvalue weighted by Gasteiger charge is 1.86. The van der Waals surface area contributed by atoms with Crippen molar-refractivity contribution in [1.82, 2.24) is 0 Å². The zero-order chi connectivity index (χ0) is 15.3. The third-order valence-corrected chi connectivity index (χ3v) is 2.77. The predicted octanol–water partition coefficient (Wildman–Crippen LogP) is 5.29. The fourth-order valence-corrected chi connectivity index (χ4v) is 1.55. The molecule has 0 aliphatic carbocycles. The van der Waals surface area contributed by atoms with Crippen LogP contribution in [0.15, 0.2) is 84.5 Å². The van der Waals surface area contributed by atoms with Gasteiger partial charge in [-0.3, -0.25) is 4.79 Å². The first kappa shape index (κ1) is 16.6. The zero-order valence-electron chi connectivity index (χ0n) is 12.7. The molecule has 0 radical (unpaired) electrons. The molecule has 0 spiro atoms. The number of carbonyl (C=O) groups excluding carboxylic acids is 1. The van der Waals surface area contributed by atoms with Gasteiger partial charge in [0.1, 0.15) is 0 Å². The molecule has 0 aliphatic heterocycles. The van der Waals surface area contributed by atoms with E-state index in [1.165, 1.54) is 5.56 Å². The highest BCUT2D eigenvalue weighted by molar-refractivity contribution is 5.89. The summed E-state index contributed by atoms with van der Waals surface area (Å²) in [4.78, 5) is 11.1. The van der Waals surface area contributed by atoms with Crippen molar-refractivity contribution in [2.75, 3.05) is 0 Å². The molecule has 1 aromatic carbocycles. The summed E-state index contributed by atoms with van der Waals surface area (Å²) in [6, 6.07) is 10.2. The molecule has 0 unspecified atom stereocenters. The Morgan fingerprint density at radius 2 is 1.67 bits per heavy atom. The Kier molecular flexibility index (Phi) is 8.23. The van der Waals surface area contributed by atoms with Crippen LogP contribution in [0.5, 0.6) is 0 Å². The van der Waals surface area contributed by atoms with E-state index in [1.807, 2.05) is 68.5 Å². The largest absolute Gasteiger partial charge is 0.295 e. The summed E-state index contributed by atoms with van der Waals surface area (Å²) in [5.41, 5.74) is 2.29. The molecule has 0 saturated heterocycles. The molecule has 0 atom stereocenters. The number of hydrogen-bond donors (Lipinski definition) is 0. The summed E-state index contributed by atoms with van der Waals surface area (Å²) in [5, 5.41) is 0. The second-order valence-electron chi connectivity index (χ2n) is 4.60. The van der Waals surface area contributed by atoms with Gasteiger partial charge in [-0.05, 0) is 18.6 Å². The minimum absolute atomic E-state index is 0.147. The van der Waals surface area contributed by atoms with E-state index in [0.29, 0.717) is 6.42 Å². The number of benzene rings is 1. The van der Waals surface area contributed by atoms with Gasteiger partial charge in [-0.25, -0.2) is 0 Å². The minimum Gasteiger partial charge on any atom is -0.295 e. The van der Waals surface area contributed by atoms with Gasteiger partial charge in [0.2, 0.25) is 0 Å². The topological polar surface area (TPSA) is 17.1 Å². The molecule has 21 heavy (non-hydrogen) atoms. The normalized spacial score (nSPS) is 13.1. The van der Waals surface area contributed by atoms with Gasteiger partial charge in [0, 0.05) is 6.42 Å². The van der Waals surface area contributed by atoms with Crippen molar-refractivity contribution >= 4 is 11.9 Å². The summed E-state index contributed by atoms with van der Waals surface area (Å²) in [6.07, 6.45) is 17.9. The van der Waals surface area contributed by atoms with Crippen LogP contribution in [0.1, 0.15) is 25.8 Å². The Bertz CT molecular complexity index is 569. The van der Waals surface area contributed by atoms with E-state index in [1.54, 1.807) is 12.2 Å². The van der Waals surface area contributed by atoms with Crippen molar-refractivity contribution in [3.8, 4) is 0 Å². The lowest BCUT2D eigenvalue weighted by atomic mass is 10.2. The van der Waals surface area contributed by atoms with Crippen molar-refractivity contribution in [2.24, 2.45) is 0 Å². The van der Waals surface area contributed by atoms with E-state index in [2.05, 4.69) is 18.2 Å². The molecule has 0 N–H and O–H groups in total. The smallest absolute Gasteiger partial charge is 0.155 e. The Morgan fingerprint density at radius 3 is 2.38 bits per heavy atom. The molecule has 0 aromatic heterocycles. The Balaban J connectivity index is 2.41. The van der Waals surface area contributed by atoms with Gasteiger partial charge in [-0.1, -0.05) is 91.4 Å². The lowest BCUT2D eigenvalue weighted by molar-refractivity contribution is -0.114. The summed E-state index contributed by atoms with van der Waals surface area (Å²) in [6.45, 7) is 3.86. The number of hydrogen-bond acceptors (Lipinski definition) is 1. The van der Waals surface area contributed by atoms with Crippen LogP contribution in [0.4, 0.5) is 0 Å². The van der Waals surface area contributed by atoms with E-state index in [0.717, 1.165) is 5.57 Å². The lowest BCUT2D eigenvalue weighted by Gasteiger charge is -1.88. The maximum atomic E-state index is 11.1. The third kappa shape index (κ3) is 8.38. The molecule has 1 rings (SSSR count). The zero-order valence-corrected chi connectivity index (χ0v) is 12.7. The van der Waals surface area contributed by atoms with Crippen molar-refractivity contribution in [1.29, 1.82) is 0 Å². The molecule has 1 heteroatoms. The van der Waals surface area contributed by atoms with E-state index >= 15 is 0 Å². The lowest BCUT2D eigenvalue weighted by Crippen LogP contribution is -1.85. The van der Waals surface area contributed by atoms with E-state index < -0.39 is 0 Å². The van der Waals surface area contributed by atoms with E-state index in [-0.39, 0.29) is 5.78 Å².